The molecule has 0 aromatic rings. The van der Waals surface area contributed by atoms with E-state index >= 15 is 0 Å². The van der Waals surface area contributed by atoms with Gasteiger partial charge in [0.15, 0.2) is 6.10 Å². The van der Waals surface area contributed by atoms with E-state index < -0.39 is 81.5 Å². The fraction of sp³-hybridized carbons (Fsp3) is 0.940. The van der Waals surface area contributed by atoms with Gasteiger partial charge in [-0.25, -0.2) is 4.57 Å². The van der Waals surface area contributed by atoms with Crippen LogP contribution in [0.25, 0.3) is 0 Å². The Labute approximate surface area is 394 Å². The average Bonchev–Trinajstić information content (AvgIpc) is 3.25. The van der Waals surface area contributed by atoms with Crippen LogP contribution < -0.4 is 5.32 Å². The molecule has 0 unspecified atom stereocenters. The number of aliphatic hydroxyl groups excluding tert-OH is 3. The second kappa shape index (κ2) is 40.3. The SMILES string of the molecule is CCCCCCCCCCCCC[C@@H](O)CC(=O)N[C@H]1[C@@H](OC(=O)CCCCCCCCCCC)O[C@H](CO)[C@@H](OP(=O)(O)O)[C@@H]1OC(=O)C[C@H](O)CCCCCCCCCCCCC. The number of hydrogen-bond acceptors (Lipinski definition) is 11. The molecule has 1 aliphatic heterocycles. The molecule has 15 heteroatoms. The third kappa shape index (κ3) is 33.5. The third-order valence-corrected chi connectivity index (χ3v) is 13.0. The Morgan fingerprint density at radius 3 is 1.32 bits per heavy atom. The molecular weight excluding hydrogens is 854 g/mol. The molecule has 14 nitrogen and oxygen atoms in total. The van der Waals surface area contributed by atoms with Gasteiger partial charge in [0, 0.05) is 6.42 Å². The van der Waals surface area contributed by atoms with Crippen molar-refractivity contribution >= 4 is 25.7 Å². The lowest BCUT2D eigenvalue weighted by molar-refractivity contribution is -0.264. The van der Waals surface area contributed by atoms with Gasteiger partial charge in [0.05, 0.1) is 31.7 Å². The maximum Gasteiger partial charge on any atom is 0.470 e. The van der Waals surface area contributed by atoms with E-state index in [4.69, 9.17) is 18.7 Å². The molecule has 0 saturated carbocycles. The molecule has 1 rings (SSSR count). The van der Waals surface area contributed by atoms with Crippen LogP contribution in [0, 0.1) is 0 Å². The van der Waals surface area contributed by atoms with Gasteiger partial charge in [-0.3, -0.25) is 18.9 Å². The van der Waals surface area contributed by atoms with Gasteiger partial charge in [-0.2, -0.15) is 0 Å². The van der Waals surface area contributed by atoms with Crippen LogP contribution >= 0.6 is 7.82 Å². The number of amides is 1. The summed E-state index contributed by atoms with van der Waals surface area (Å²) in [4.78, 5) is 60.0. The molecule has 7 atom stereocenters. The number of nitrogens with one attached hydrogen (secondary N) is 1. The quantitative estimate of drug-likeness (QED) is 0.0190. The maximum absolute atomic E-state index is 13.6. The van der Waals surface area contributed by atoms with Crippen molar-refractivity contribution < 1.29 is 62.8 Å². The molecule has 1 heterocycles. The number of ether oxygens (including phenoxy) is 3. The minimum atomic E-state index is -5.32. The van der Waals surface area contributed by atoms with Gasteiger partial charge in [0.2, 0.25) is 12.2 Å². The third-order valence-electron chi connectivity index (χ3n) is 12.5. The van der Waals surface area contributed by atoms with E-state index in [1.54, 1.807) is 0 Å². The Kier molecular flexibility index (Phi) is 38.0. The summed E-state index contributed by atoms with van der Waals surface area (Å²) in [5, 5.41) is 34.6. The van der Waals surface area contributed by atoms with Crippen molar-refractivity contribution in [3.05, 3.63) is 0 Å². The zero-order chi connectivity index (χ0) is 48.0. The van der Waals surface area contributed by atoms with Crippen LogP contribution in [0.3, 0.4) is 0 Å². The van der Waals surface area contributed by atoms with Crippen molar-refractivity contribution in [3.63, 3.8) is 0 Å². The molecule has 65 heavy (non-hydrogen) atoms. The highest BCUT2D eigenvalue weighted by Crippen LogP contribution is 2.42. The number of unbranched alkanes of at least 4 members (excludes halogenated alkanes) is 28. The zero-order valence-corrected chi connectivity index (χ0v) is 42.0. The Balaban J connectivity index is 2.99. The average molecular weight is 950 g/mol. The summed E-state index contributed by atoms with van der Waals surface area (Å²) in [7, 11) is -5.32. The van der Waals surface area contributed by atoms with E-state index in [1.165, 1.54) is 116 Å². The predicted molar refractivity (Wildman–Crippen MR) is 256 cm³/mol. The lowest BCUT2D eigenvalue weighted by atomic mass is 9.96. The summed E-state index contributed by atoms with van der Waals surface area (Å²) in [5.41, 5.74) is 0. The Morgan fingerprint density at radius 1 is 0.538 bits per heavy atom. The number of aliphatic hydroxyl groups is 3. The van der Waals surface area contributed by atoms with Gasteiger partial charge < -0.3 is 44.6 Å². The molecule has 0 aliphatic carbocycles. The van der Waals surface area contributed by atoms with Crippen LogP contribution in [0.2, 0.25) is 0 Å². The van der Waals surface area contributed by atoms with Crippen LogP contribution in [0.15, 0.2) is 0 Å². The highest BCUT2D eigenvalue weighted by molar-refractivity contribution is 7.46. The maximum atomic E-state index is 13.6. The predicted octanol–water partition coefficient (Wildman–Crippen LogP) is 10.9. The summed E-state index contributed by atoms with van der Waals surface area (Å²) in [6.45, 7) is 5.73. The molecule has 1 aliphatic rings. The molecule has 0 bridgehead atoms. The van der Waals surface area contributed by atoms with Gasteiger partial charge in [-0.1, -0.05) is 213 Å². The molecular formula is C50H96NO13P. The van der Waals surface area contributed by atoms with Gasteiger partial charge in [-0.05, 0) is 19.3 Å². The molecule has 0 aromatic carbocycles. The summed E-state index contributed by atoms with van der Waals surface area (Å²) < 4.78 is 34.6. The molecule has 0 aromatic heterocycles. The number of phosphoric ester groups is 1. The van der Waals surface area contributed by atoms with Crippen LogP contribution in [-0.2, 0) is 37.7 Å². The Morgan fingerprint density at radius 2 is 0.923 bits per heavy atom. The number of hydrogen-bond donors (Lipinski definition) is 6. The monoisotopic (exact) mass is 950 g/mol. The zero-order valence-electron chi connectivity index (χ0n) is 41.2. The highest BCUT2D eigenvalue weighted by atomic mass is 31.2. The highest BCUT2D eigenvalue weighted by Gasteiger charge is 2.53. The molecule has 1 fully saturated rings. The van der Waals surface area contributed by atoms with E-state index in [9.17, 15) is 44.1 Å². The lowest BCUT2D eigenvalue weighted by Gasteiger charge is -2.44. The largest absolute Gasteiger partial charge is 0.470 e. The van der Waals surface area contributed by atoms with Crippen molar-refractivity contribution in [1.82, 2.24) is 5.32 Å². The van der Waals surface area contributed by atoms with E-state index in [0.717, 1.165) is 64.2 Å². The molecule has 384 valence electrons. The van der Waals surface area contributed by atoms with Crippen LogP contribution in [0.4, 0.5) is 0 Å². The van der Waals surface area contributed by atoms with E-state index in [-0.39, 0.29) is 12.8 Å². The number of esters is 2. The smallest absolute Gasteiger partial charge is 0.457 e. The number of phosphoric acid groups is 1. The minimum absolute atomic E-state index is 0.0237. The van der Waals surface area contributed by atoms with Crippen LogP contribution in [0.5, 0.6) is 0 Å². The van der Waals surface area contributed by atoms with Gasteiger partial charge in [0.1, 0.15) is 18.2 Å². The standard InChI is InChI=1S/C50H96NO13P/c1-4-7-10-13-16-19-21-24-26-29-32-35-41(53)38-44(55)51-47-49(62-46(57)39-42(54)36-33-30-27-25-22-20-17-14-11-8-5-2)48(64-65(58,59)60)43(40-52)61-50(47)63-45(56)37-34-31-28-23-18-15-12-9-6-3/h41-43,47-50,52-54H,4-40H2,1-3H3,(H,51,55)(H2,58,59,60)/t41-,42-,43-,47-,48-,49-,50-/m1/s1. The van der Waals surface area contributed by atoms with Crippen molar-refractivity contribution in [1.29, 1.82) is 0 Å². The topological polar surface area (TPSA) is 218 Å². The lowest BCUT2D eigenvalue weighted by Crippen LogP contribution is -2.66. The molecule has 1 saturated heterocycles. The summed E-state index contributed by atoms with van der Waals surface area (Å²) in [5.74, 6) is -2.32. The normalized spacial score (nSPS) is 19.8. The minimum Gasteiger partial charge on any atom is -0.457 e. The second-order valence-electron chi connectivity index (χ2n) is 18.8. The first kappa shape index (κ1) is 61.4. The van der Waals surface area contributed by atoms with E-state index in [2.05, 4.69) is 26.1 Å². The summed E-state index contributed by atoms with van der Waals surface area (Å²) in [6.07, 6.45) is 25.4. The van der Waals surface area contributed by atoms with E-state index in [1.807, 2.05) is 0 Å². The fourth-order valence-corrected chi connectivity index (χ4v) is 9.21. The van der Waals surface area contributed by atoms with Gasteiger partial charge >= 0.3 is 19.8 Å². The molecule has 1 amide bonds. The second-order valence-corrected chi connectivity index (χ2v) is 20.0. The molecule has 6 N–H and O–H groups in total. The fourth-order valence-electron chi connectivity index (χ4n) is 8.64. The summed E-state index contributed by atoms with van der Waals surface area (Å²) in [6, 6.07) is -1.55. The number of rotatable bonds is 44. The molecule has 0 radical (unpaired) electrons. The Bertz CT molecular complexity index is 1220. The number of carbonyl (C=O) groups excluding carboxylic acids is 3. The van der Waals surface area contributed by atoms with Crippen molar-refractivity contribution in [2.24, 2.45) is 0 Å². The van der Waals surface area contributed by atoms with Crippen molar-refractivity contribution in [2.75, 3.05) is 6.61 Å². The Hall–Kier alpha value is -1.64. The van der Waals surface area contributed by atoms with Gasteiger partial charge in [0.25, 0.3) is 0 Å². The molecule has 0 spiro atoms. The van der Waals surface area contributed by atoms with Crippen molar-refractivity contribution in [2.45, 2.75) is 295 Å². The first-order valence-electron chi connectivity index (χ1n) is 26.4. The first-order valence-corrected chi connectivity index (χ1v) is 27.9. The van der Waals surface area contributed by atoms with Crippen LogP contribution in [0.1, 0.15) is 252 Å². The first-order chi connectivity index (χ1) is 31.3. The van der Waals surface area contributed by atoms with Gasteiger partial charge in [-0.15, -0.1) is 0 Å². The van der Waals surface area contributed by atoms with E-state index in [0.29, 0.717) is 32.1 Å². The van der Waals surface area contributed by atoms with Crippen molar-refractivity contribution in [3.8, 4) is 0 Å². The van der Waals surface area contributed by atoms with Crippen LogP contribution in [-0.4, -0.2) is 92.4 Å². The summed E-state index contributed by atoms with van der Waals surface area (Å²) >= 11 is 0. The number of carbonyl (C=O) groups is 3.